The number of ether oxygens (including phenoxy) is 4. The van der Waals surface area contributed by atoms with E-state index in [9.17, 15) is 45.6 Å². The summed E-state index contributed by atoms with van der Waals surface area (Å²) in [7, 11) is 0. The van der Waals surface area contributed by atoms with E-state index in [2.05, 4.69) is 153 Å². The van der Waals surface area contributed by atoms with Crippen LogP contribution in [-0.4, -0.2) is 140 Å². The van der Waals surface area contributed by atoms with E-state index >= 15 is 0 Å². The van der Waals surface area contributed by atoms with E-state index in [0.29, 0.717) is 12.8 Å². The van der Waals surface area contributed by atoms with Gasteiger partial charge in [-0.3, -0.25) is 4.79 Å². The van der Waals surface area contributed by atoms with E-state index in [1.165, 1.54) is 64.2 Å². The molecular formula is C74H123NO13. The van der Waals surface area contributed by atoms with Crippen LogP contribution in [0.5, 0.6) is 0 Å². The molecule has 2 fully saturated rings. The van der Waals surface area contributed by atoms with Gasteiger partial charge in [-0.2, -0.15) is 0 Å². The van der Waals surface area contributed by atoms with Crippen LogP contribution < -0.4 is 5.32 Å². The first-order valence-corrected chi connectivity index (χ1v) is 34.4. The number of rotatable bonds is 54. The van der Waals surface area contributed by atoms with Crippen LogP contribution in [0.1, 0.15) is 232 Å². The van der Waals surface area contributed by atoms with Gasteiger partial charge in [0.15, 0.2) is 12.6 Å². The minimum atomic E-state index is -1.79. The molecule has 0 aromatic carbocycles. The summed E-state index contributed by atoms with van der Waals surface area (Å²) in [5, 5.41) is 87.3. The van der Waals surface area contributed by atoms with E-state index < -0.39 is 86.8 Å². The number of carbonyl (C=O) groups is 1. The average molecular weight is 1230 g/mol. The Morgan fingerprint density at radius 3 is 1.20 bits per heavy atom. The van der Waals surface area contributed by atoms with E-state index in [4.69, 9.17) is 18.9 Å². The van der Waals surface area contributed by atoms with Crippen molar-refractivity contribution in [2.75, 3.05) is 19.8 Å². The summed E-state index contributed by atoms with van der Waals surface area (Å²) in [6.07, 6.45) is 67.5. The Balaban J connectivity index is 1.61. The fourth-order valence-corrected chi connectivity index (χ4v) is 10.4. The summed E-state index contributed by atoms with van der Waals surface area (Å²) in [6.45, 7) is 2.72. The molecule has 2 rings (SSSR count). The number of aliphatic hydroxyl groups excluding tert-OH is 8. The third kappa shape index (κ3) is 40.8. The van der Waals surface area contributed by atoms with Crippen LogP contribution in [-0.2, 0) is 23.7 Å². The number of allylic oxidation sites excluding steroid dienone is 22. The van der Waals surface area contributed by atoms with Crippen molar-refractivity contribution in [1.82, 2.24) is 5.32 Å². The molecule has 0 aromatic rings. The average Bonchev–Trinajstić information content (AvgIpc) is 2.45. The summed E-state index contributed by atoms with van der Waals surface area (Å²) >= 11 is 0. The zero-order valence-corrected chi connectivity index (χ0v) is 54.4. The van der Waals surface area contributed by atoms with Crippen molar-refractivity contribution < 1.29 is 64.6 Å². The molecule has 0 radical (unpaired) electrons. The van der Waals surface area contributed by atoms with Crippen LogP contribution in [0.2, 0.25) is 0 Å². The van der Waals surface area contributed by atoms with Crippen molar-refractivity contribution in [3.8, 4) is 0 Å². The molecule has 0 saturated carbocycles. The number of hydrogen-bond acceptors (Lipinski definition) is 13. The van der Waals surface area contributed by atoms with E-state index in [0.717, 1.165) is 135 Å². The molecule has 0 spiro atoms. The Morgan fingerprint density at radius 1 is 0.420 bits per heavy atom. The molecule has 0 aromatic heterocycles. The zero-order chi connectivity index (χ0) is 63.8. The van der Waals surface area contributed by atoms with Crippen LogP contribution >= 0.6 is 0 Å². The van der Waals surface area contributed by atoms with E-state index in [-0.39, 0.29) is 18.9 Å². The topological polar surface area (TPSA) is 228 Å². The predicted octanol–water partition coefficient (Wildman–Crippen LogP) is 13.9. The first kappa shape index (κ1) is 80.2. The fourth-order valence-electron chi connectivity index (χ4n) is 10.4. The molecule has 12 atom stereocenters. The maximum Gasteiger partial charge on any atom is 0.220 e. The molecular weight excluding hydrogens is 1110 g/mol. The van der Waals surface area contributed by atoms with Crippen LogP contribution in [0.15, 0.2) is 134 Å². The molecule has 502 valence electrons. The largest absolute Gasteiger partial charge is 0.394 e. The second-order valence-corrected chi connectivity index (χ2v) is 23.6. The third-order valence-corrected chi connectivity index (χ3v) is 15.9. The smallest absolute Gasteiger partial charge is 0.220 e. The summed E-state index contributed by atoms with van der Waals surface area (Å²) in [5.41, 5.74) is 0. The molecule has 2 saturated heterocycles. The third-order valence-electron chi connectivity index (χ3n) is 15.9. The lowest BCUT2D eigenvalue weighted by atomic mass is 9.97. The molecule has 2 aliphatic heterocycles. The Morgan fingerprint density at radius 2 is 0.784 bits per heavy atom. The van der Waals surface area contributed by atoms with Crippen LogP contribution in [0.3, 0.4) is 0 Å². The minimum Gasteiger partial charge on any atom is -0.394 e. The lowest BCUT2D eigenvalue weighted by molar-refractivity contribution is -0.359. The van der Waals surface area contributed by atoms with E-state index in [1.807, 2.05) is 0 Å². The number of unbranched alkanes of at least 4 members (excludes halogenated alkanes) is 19. The lowest BCUT2D eigenvalue weighted by Crippen LogP contribution is -2.65. The van der Waals surface area contributed by atoms with Crippen molar-refractivity contribution in [2.24, 2.45) is 0 Å². The quantitative estimate of drug-likeness (QED) is 0.0204. The van der Waals surface area contributed by atoms with Crippen molar-refractivity contribution in [3.05, 3.63) is 134 Å². The van der Waals surface area contributed by atoms with Crippen molar-refractivity contribution in [2.45, 2.75) is 306 Å². The lowest BCUT2D eigenvalue weighted by Gasteiger charge is -2.46. The maximum absolute atomic E-state index is 13.3. The van der Waals surface area contributed by atoms with Gasteiger partial charge < -0.3 is 65.1 Å². The monoisotopic (exact) mass is 1230 g/mol. The van der Waals surface area contributed by atoms with Crippen LogP contribution in [0.4, 0.5) is 0 Å². The molecule has 9 N–H and O–H groups in total. The number of nitrogens with one attached hydrogen (secondary N) is 1. The summed E-state index contributed by atoms with van der Waals surface area (Å²) in [6, 6.07) is -0.843. The minimum absolute atomic E-state index is 0.223. The molecule has 12 unspecified atom stereocenters. The highest BCUT2D eigenvalue weighted by atomic mass is 16.7. The number of amides is 1. The van der Waals surface area contributed by atoms with Gasteiger partial charge in [-0.1, -0.05) is 263 Å². The van der Waals surface area contributed by atoms with Crippen LogP contribution in [0.25, 0.3) is 0 Å². The van der Waals surface area contributed by atoms with Gasteiger partial charge in [0.25, 0.3) is 0 Å². The molecule has 14 heteroatoms. The summed E-state index contributed by atoms with van der Waals surface area (Å²) < 4.78 is 22.8. The highest BCUT2D eigenvalue weighted by molar-refractivity contribution is 5.76. The van der Waals surface area contributed by atoms with Gasteiger partial charge in [0, 0.05) is 6.42 Å². The van der Waals surface area contributed by atoms with Gasteiger partial charge in [0.05, 0.1) is 32.0 Å². The highest BCUT2D eigenvalue weighted by Gasteiger charge is 2.51. The fraction of sp³-hybridized carbons (Fsp3) is 0.689. The first-order valence-electron chi connectivity index (χ1n) is 34.4. The van der Waals surface area contributed by atoms with Gasteiger partial charge >= 0.3 is 0 Å². The Bertz CT molecular complexity index is 1990. The predicted molar refractivity (Wildman–Crippen MR) is 359 cm³/mol. The molecule has 14 nitrogen and oxygen atoms in total. The first-order chi connectivity index (χ1) is 43.1. The molecule has 2 aliphatic rings. The standard InChI is InChI=1S/C74H123NO13/c1-3-5-7-9-11-13-15-17-18-19-20-21-22-23-24-25-26-27-28-29-30-31-32-33-34-35-36-37-38-39-40-41-42-43-44-46-48-50-52-54-56-58-66(79)75-62(63(78)57-55-53-51-49-47-45-16-14-12-10-8-6-4-2)61-85-73-71(84)69(82)72(65(60-77)87-73)88-74-70(83)68(81)67(80)64(59-76)86-74/h5,7,11,13,17-18,20-21,23-24,26-27,29-30,32-33,35-36,38-39,41-42,62-65,67-74,76-78,80-84H,3-4,6,8-10,12,14-16,19,22,25,28,31,34,37,40,43-61H2,1-2H3,(H,75,79)/b7-5-,13-11-,18-17-,21-20-,24-23-,27-26-,30-29-,33-32-,36-35-,39-38-,42-41-. The molecule has 1 amide bonds. The molecule has 2 heterocycles. The van der Waals surface area contributed by atoms with E-state index in [1.54, 1.807) is 0 Å². The molecule has 88 heavy (non-hydrogen) atoms. The number of hydrogen-bond donors (Lipinski definition) is 9. The highest BCUT2D eigenvalue weighted by Crippen LogP contribution is 2.30. The van der Waals surface area contributed by atoms with Gasteiger partial charge in [0.2, 0.25) is 5.91 Å². The maximum atomic E-state index is 13.3. The summed E-state index contributed by atoms with van der Waals surface area (Å²) in [4.78, 5) is 13.3. The van der Waals surface area contributed by atoms with Crippen LogP contribution in [0, 0.1) is 0 Å². The van der Waals surface area contributed by atoms with Crippen molar-refractivity contribution in [1.29, 1.82) is 0 Å². The second kappa shape index (κ2) is 57.1. The number of carbonyl (C=O) groups excluding carboxylic acids is 1. The van der Waals surface area contributed by atoms with Gasteiger partial charge in [0.1, 0.15) is 48.8 Å². The zero-order valence-electron chi connectivity index (χ0n) is 54.4. The van der Waals surface area contributed by atoms with Gasteiger partial charge in [-0.25, -0.2) is 0 Å². The van der Waals surface area contributed by atoms with Crippen molar-refractivity contribution in [3.63, 3.8) is 0 Å². The van der Waals surface area contributed by atoms with Gasteiger partial charge in [-0.15, -0.1) is 0 Å². The Kier molecular flexibility index (Phi) is 52.0. The SMILES string of the molecule is CC/C=C\C/C=C\C/C=C\C/C=C\C/C=C\C/C=C\C/C=C\C/C=C\C/C=C\C/C=C\C/C=C\CCCCCCCCCC(=O)NC(COC1OC(CO)C(OC2OC(CO)C(O)C(O)C2O)C(O)C1O)C(O)CCCCCCCCCCCCCCC. The molecule has 0 aliphatic carbocycles. The second-order valence-electron chi connectivity index (χ2n) is 23.6. The van der Waals surface area contributed by atoms with Gasteiger partial charge in [-0.05, 0) is 96.3 Å². The Hall–Kier alpha value is -3.87. The molecule has 0 bridgehead atoms. The number of aliphatic hydroxyl groups is 8. The van der Waals surface area contributed by atoms with Crippen molar-refractivity contribution >= 4 is 5.91 Å². The summed E-state index contributed by atoms with van der Waals surface area (Å²) in [5.74, 6) is -0.223. The Labute approximate surface area is 532 Å². The normalized spacial score (nSPS) is 24.0.